The van der Waals surface area contributed by atoms with Gasteiger partial charge in [-0.1, -0.05) is 6.08 Å². The van der Waals surface area contributed by atoms with E-state index in [9.17, 15) is 10.1 Å². The minimum Gasteiger partial charge on any atom is -0.490 e. The first kappa shape index (κ1) is 23.6. The molecule has 0 bridgehead atoms. The SMILES string of the molecule is CC=C1/C(=C(\C)c2cnc(-c3ccc(OC(C)C)c(C#N)c3)s2)CC[C@@H]1NC(=O)N(C)C. The van der Waals surface area contributed by atoms with E-state index in [2.05, 4.69) is 29.4 Å². The average Bonchev–Trinajstić information content (AvgIpc) is 3.40. The van der Waals surface area contributed by atoms with Gasteiger partial charge in [-0.25, -0.2) is 9.78 Å². The van der Waals surface area contributed by atoms with Crippen molar-refractivity contribution in [3.05, 3.63) is 52.1 Å². The van der Waals surface area contributed by atoms with E-state index in [-0.39, 0.29) is 18.2 Å². The van der Waals surface area contributed by atoms with Crippen LogP contribution in [0.5, 0.6) is 5.75 Å². The molecule has 0 unspecified atom stereocenters. The fourth-order valence-electron chi connectivity index (χ4n) is 3.84. The molecule has 0 saturated heterocycles. The monoisotopic (exact) mass is 450 g/mol. The predicted molar refractivity (Wildman–Crippen MR) is 130 cm³/mol. The number of carbonyl (C=O) groups excluding carboxylic acids is 1. The van der Waals surface area contributed by atoms with Gasteiger partial charge < -0.3 is 15.0 Å². The maximum absolute atomic E-state index is 12.1. The van der Waals surface area contributed by atoms with Crippen LogP contribution < -0.4 is 10.1 Å². The molecule has 0 aliphatic heterocycles. The molecular weight excluding hydrogens is 420 g/mol. The molecule has 3 rings (SSSR count). The Balaban J connectivity index is 1.87. The van der Waals surface area contributed by atoms with Crippen molar-refractivity contribution in [3.63, 3.8) is 0 Å². The number of rotatable bonds is 5. The van der Waals surface area contributed by atoms with Crippen LogP contribution in [0.3, 0.4) is 0 Å². The van der Waals surface area contributed by atoms with E-state index in [1.165, 1.54) is 16.7 Å². The van der Waals surface area contributed by atoms with Crippen molar-refractivity contribution in [2.45, 2.75) is 52.7 Å². The molecule has 1 aliphatic rings. The topological polar surface area (TPSA) is 78.2 Å². The molecule has 2 aromatic rings. The highest BCUT2D eigenvalue weighted by molar-refractivity contribution is 7.16. The Bertz CT molecular complexity index is 1110. The van der Waals surface area contributed by atoms with Crippen LogP contribution in [0.2, 0.25) is 0 Å². The van der Waals surface area contributed by atoms with Crippen LogP contribution in [0.15, 0.2) is 41.6 Å². The standard InChI is InChI=1S/C25H30N4O2S/c1-7-19-20(9-10-21(19)28-25(30)29(5)6)16(4)23-14-27-24(32-23)17-8-11-22(31-15(2)3)18(12-17)13-26/h7-8,11-12,14-15,21H,9-10H2,1-6H3,(H,28,30)/b19-7?,20-16+/t21-/m0/s1. The second-order valence-corrected chi connectivity index (χ2v) is 9.33. The van der Waals surface area contributed by atoms with Crippen molar-refractivity contribution in [2.75, 3.05) is 14.1 Å². The Hall–Kier alpha value is -3.11. The lowest BCUT2D eigenvalue weighted by atomic mass is 10.0. The van der Waals surface area contributed by atoms with E-state index >= 15 is 0 Å². The lowest BCUT2D eigenvalue weighted by molar-refractivity contribution is 0.215. The van der Waals surface area contributed by atoms with Crippen molar-refractivity contribution in [1.29, 1.82) is 5.26 Å². The number of thiazole rings is 1. The summed E-state index contributed by atoms with van der Waals surface area (Å²) in [5.74, 6) is 0.593. The Morgan fingerprint density at radius 2 is 2.16 bits per heavy atom. The van der Waals surface area contributed by atoms with Gasteiger partial charge in [0.05, 0.1) is 22.6 Å². The van der Waals surface area contributed by atoms with Crippen LogP contribution in [0.25, 0.3) is 16.1 Å². The first-order chi connectivity index (χ1) is 15.2. The Morgan fingerprint density at radius 1 is 1.41 bits per heavy atom. The number of nitrogens with zero attached hydrogens (tertiary/aromatic N) is 3. The maximum Gasteiger partial charge on any atom is 0.317 e. The van der Waals surface area contributed by atoms with Gasteiger partial charge in [0.15, 0.2) is 0 Å². The highest BCUT2D eigenvalue weighted by Gasteiger charge is 2.28. The fraction of sp³-hybridized carbons (Fsp3) is 0.400. The molecule has 6 nitrogen and oxygen atoms in total. The summed E-state index contributed by atoms with van der Waals surface area (Å²) in [7, 11) is 3.50. The highest BCUT2D eigenvalue weighted by Crippen LogP contribution is 2.39. The zero-order valence-electron chi connectivity index (χ0n) is 19.5. The number of nitrogens with one attached hydrogen (secondary N) is 1. The molecule has 1 N–H and O–H groups in total. The number of nitriles is 1. The third-order valence-corrected chi connectivity index (χ3v) is 6.63. The minimum absolute atomic E-state index is 0.00672. The highest BCUT2D eigenvalue weighted by atomic mass is 32.1. The number of aromatic nitrogens is 1. The largest absolute Gasteiger partial charge is 0.490 e. The predicted octanol–water partition coefficient (Wildman–Crippen LogP) is 5.62. The number of amides is 2. The molecule has 1 saturated carbocycles. The van der Waals surface area contributed by atoms with Crippen LogP contribution in [0, 0.1) is 11.3 Å². The molecule has 1 atom stereocenters. The van der Waals surface area contributed by atoms with Crippen LogP contribution >= 0.6 is 11.3 Å². The zero-order chi connectivity index (χ0) is 23.4. The molecule has 1 aliphatic carbocycles. The average molecular weight is 451 g/mol. The van der Waals surface area contributed by atoms with E-state index in [0.717, 1.165) is 28.3 Å². The van der Waals surface area contributed by atoms with Gasteiger partial charge in [0.2, 0.25) is 0 Å². The Kier molecular flexibility index (Phi) is 7.37. The summed E-state index contributed by atoms with van der Waals surface area (Å²) in [5, 5.41) is 13.5. The van der Waals surface area contributed by atoms with E-state index in [1.807, 2.05) is 45.2 Å². The molecule has 1 aromatic carbocycles. The minimum atomic E-state index is -0.0773. The molecule has 1 aromatic heterocycles. The molecule has 7 heteroatoms. The molecule has 2 amide bonds. The number of allylic oxidation sites excluding steroid dienone is 2. The van der Waals surface area contributed by atoms with Gasteiger partial charge in [-0.15, -0.1) is 11.3 Å². The van der Waals surface area contributed by atoms with E-state index in [0.29, 0.717) is 11.3 Å². The van der Waals surface area contributed by atoms with Gasteiger partial charge in [0, 0.05) is 25.9 Å². The molecule has 1 fully saturated rings. The third kappa shape index (κ3) is 5.03. The summed E-state index contributed by atoms with van der Waals surface area (Å²) in [6, 6.07) is 7.80. The van der Waals surface area contributed by atoms with Crippen LogP contribution in [0.1, 0.15) is 51.0 Å². The smallest absolute Gasteiger partial charge is 0.317 e. The molecular formula is C25H30N4O2S. The summed E-state index contributed by atoms with van der Waals surface area (Å²) in [4.78, 5) is 19.4. The third-order valence-electron chi connectivity index (χ3n) is 5.46. The normalized spacial score (nSPS) is 18.6. The van der Waals surface area contributed by atoms with Gasteiger partial charge in [-0.05, 0) is 75.5 Å². The van der Waals surface area contributed by atoms with E-state index < -0.39 is 0 Å². The van der Waals surface area contributed by atoms with E-state index in [1.54, 1.807) is 30.3 Å². The van der Waals surface area contributed by atoms with Gasteiger partial charge >= 0.3 is 6.03 Å². The van der Waals surface area contributed by atoms with Crippen LogP contribution in [0.4, 0.5) is 4.79 Å². The van der Waals surface area contributed by atoms with Gasteiger partial charge in [0.1, 0.15) is 16.8 Å². The molecule has 168 valence electrons. The first-order valence-corrected chi connectivity index (χ1v) is 11.6. The van der Waals surface area contributed by atoms with E-state index in [4.69, 9.17) is 4.74 Å². The van der Waals surface area contributed by atoms with Crippen LogP contribution in [-0.4, -0.2) is 42.2 Å². The quantitative estimate of drug-likeness (QED) is 0.641. The summed E-state index contributed by atoms with van der Waals surface area (Å²) in [6.07, 6.45) is 5.80. The maximum atomic E-state index is 12.1. The van der Waals surface area contributed by atoms with Crippen molar-refractivity contribution < 1.29 is 9.53 Å². The number of hydrogen-bond acceptors (Lipinski definition) is 5. The molecule has 32 heavy (non-hydrogen) atoms. The van der Waals surface area contributed by atoms with Gasteiger partial charge in [0.25, 0.3) is 0 Å². The lowest BCUT2D eigenvalue weighted by Gasteiger charge is -2.19. The van der Waals surface area contributed by atoms with Crippen molar-refractivity contribution >= 4 is 22.9 Å². The van der Waals surface area contributed by atoms with Crippen molar-refractivity contribution in [3.8, 4) is 22.4 Å². The first-order valence-electron chi connectivity index (χ1n) is 10.8. The number of hydrogen-bond donors (Lipinski definition) is 1. The molecule has 0 spiro atoms. The lowest BCUT2D eigenvalue weighted by Crippen LogP contribution is -2.40. The zero-order valence-corrected chi connectivity index (χ0v) is 20.3. The van der Waals surface area contributed by atoms with Crippen molar-refractivity contribution in [2.24, 2.45) is 0 Å². The second kappa shape index (κ2) is 10.0. The number of carbonyl (C=O) groups is 1. The molecule has 0 radical (unpaired) electrons. The van der Waals surface area contributed by atoms with Gasteiger partial charge in [-0.3, -0.25) is 0 Å². The Labute approximate surface area is 194 Å². The summed E-state index contributed by atoms with van der Waals surface area (Å²) in [6.45, 7) is 8.02. The number of ether oxygens (including phenoxy) is 1. The van der Waals surface area contributed by atoms with Crippen LogP contribution in [-0.2, 0) is 0 Å². The van der Waals surface area contributed by atoms with Gasteiger partial charge in [-0.2, -0.15) is 5.26 Å². The summed E-state index contributed by atoms with van der Waals surface area (Å²) < 4.78 is 5.73. The number of urea groups is 1. The van der Waals surface area contributed by atoms with Crippen molar-refractivity contribution in [1.82, 2.24) is 15.2 Å². The summed E-state index contributed by atoms with van der Waals surface area (Å²) >= 11 is 1.61. The summed E-state index contributed by atoms with van der Waals surface area (Å²) in [5.41, 5.74) is 5.04. The molecule has 1 heterocycles. The Morgan fingerprint density at radius 3 is 2.78 bits per heavy atom. The second-order valence-electron chi connectivity index (χ2n) is 8.30. The fourth-order valence-corrected chi connectivity index (χ4v) is 4.78. The number of benzene rings is 1.